The van der Waals surface area contributed by atoms with Crippen molar-refractivity contribution in [3.8, 4) is 5.75 Å². The summed E-state index contributed by atoms with van der Waals surface area (Å²) in [6.45, 7) is 0.871. The van der Waals surface area contributed by atoms with E-state index in [0.29, 0.717) is 6.61 Å². The second-order valence-corrected chi connectivity index (χ2v) is 2.67. The third-order valence-electron chi connectivity index (χ3n) is 1.89. The minimum Gasteiger partial charge on any atom is -0.467 e. The maximum Gasteiger partial charge on any atom is 0.189 e. The molecule has 1 heterocycles. The molecule has 1 aliphatic rings. The molecular weight excluding hydrogens is 156 g/mol. The number of benzene rings is 1. The van der Waals surface area contributed by atoms with Crippen LogP contribution >= 0.6 is 0 Å². The fourth-order valence-corrected chi connectivity index (χ4v) is 1.31. The number of ether oxygens (including phenoxy) is 2. The molecule has 1 aromatic carbocycles. The number of hydrogen-bond donors (Lipinski definition) is 1. The Labute approximate surface area is 70.5 Å². The van der Waals surface area contributed by atoms with Crippen LogP contribution in [0.1, 0.15) is 11.1 Å². The minimum atomic E-state index is 0.0170. The van der Waals surface area contributed by atoms with Crippen LogP contribution in [0.15, 0.2) is 18.2 Å². The molecule has 2 rings (SSSR count). The Morgan fingerprint density at radius 2 is 2.33 bits per heavy atom. The van der Waals surface area contributed by atoms with Crippen molar-refractivity contribution in [1.29, 1.82) is 0 Å². The van der Waals surface area contributed by atoms with Gasteiger partial charge in [0, 0.05) is 11.1 Å². The van der Waals surface area contributed by atoms with E-state index in [2.05, 4.69) is 0 Å². The van der Waals surface area contributed by atoms with E-state index in [1.165, 1.54) is 0 Å². The molecule has 12 heavy (non-hydrogen) atoms. The number of fused-ring (bicyclic) bond motifs is 1. The molecule has 3 nitrogen and oxygen atoms in total. The summed E-state index contributed by atoms with van der Waals surface area (Å²) in [5, 5.41) is 8.97. The van der Waals surface area contributed by atoms with Crippen LogP contribution in [-0.2, 0) is 18.0 Å². The first kappa shape index (κ1) is 7.58. The first-order valence-electron chi connectivity index (χ1n) is 3.84. The molecule has 0 radical (unpaired) electrons. The van der Waals surface area contributed by atoms with Crippen molar-refractivity contribution in [3.05, 3.63) is 29.3 Å². The maximum atomic E-state index is 8.97. The third-order valence-corrected chi connectivity index (χ3v) is 1.89. The monoisotopic (exact) mass is 166 g/mol. The number of rotatable bonds is 1. The van der Waals surface area contributed by atoms with E-state index in [1.54, 1.807) is 0 Å². The van der Waals surface area contributed by atoms with Crippen LogP contribution in [0.5, 0.6) is 5.75 Å². The molecule has 64 valence electrons. The van der Waals surface area contributed by atoms with Crippen molar-refractivity contribution in [2.24, 2.45) is 0 Å². The molecule has 0 saturated heterocycles. The van der Waals surface area contributed by atoms with Gasteiger partial charge in [0.1, 0.15) is 5.75 Å². The molecule has 1 aromatic rings. The third kappa shape index (κ3) is 1.17. The number of aliphatic hydroxyl groups excluding tert-OH is 1. The highest BCUT2D eigenvalue weighted by Crippen LogP contribution is 2.27. The van der Waals surface area contributed by atoms with Crippen molar-refractivity contribution in [2.45, 2.75) is 13.2 Å². The zero-order valence-corrected chi connectivity index (χ0v) is 6.62. The van der Waals surface area contributed by atoms with Crippen molar-refractivity contribution >= 4 is 0 Å². The highest BCUT2D eigenvalue weighted by Gasteiger charge is 2.13. The van der Waals surface area contributed by atoms with Gasteiger partial charge in [0.2, 0.25) is 0 Å². The first-order valence-corrected chi connectivity index (χ1v) is 3.84. The van der Waals surface area contributed by atoms with E-state index in [9.17, 15) is 0 Å². The highest BCUT2D eigenvalue weighted by molar-refractivity contribution is 5.41. The second kappa shape index (κ2) is 3.13. The van der Waals surface area contributed by atoms with Crippen LogP contribution in [0.4, 0.5) is 0 Å². The lowest BCUT2D eigenvalue weighted by Gasteiger charge is -2.19. The van der Waals surface area contributed by atoms with Crippen molar-refractivity contribution in [3.63, 3.8) is 0 Å². The molecule has 1 aliphatic heterocycles. The van der Waals surface area contributed by atoms with Crippen molar-refractivity contribution < 1.29 is 14.6 Å². The Balaban J connectivity index is 2.44. The Morgan fingerprint density at radius 3 is 3.17 bits per heavy atom. The summed E-state index contributed by atoms with van der Waals surface area (Å²) in [7, 11) is 0. The Kier molecular flexibility index (Phi) is 1.98. The molecule has 0 fully saturated rings. The summed E-state index contributed by atoms with van der Waals surface area (Å²) in [4.78, 5) is 0. The second-order valence-electron chi connectivity index (χ2n) is 2.67. The normalized spacial score (nSPS) is 15.1. The number of hydrogen-bond acceptors (Lipinski definition) is 3. The molecule has 0 bridgehead atoms. The van der Waals surface area contributed by atoms with E-state index in [4.69, 9.17) is 14.6 Å². The van der Waals surface area contributed by atoms with E-state index in [1.807, 2.05) is 18.2 Å². The van der Waals surface area contributed by atoms with E-state index in [-0.39, 0.29) is 13.4 Å². The standard InChI is InChI=1S/C9H10O3/c10-4-7-2-1-3-8-5-11-6-12-9(7)8/h1-3,10H,4-6H2. The molecule has 3 heteroatoms. The fraction of sp³-hybridized carbons (Fsp3) is 0.333. The zero-order chi connectivity index (χ0) is 8.39. The molecule has 1 N–H and O–H groups in total. The van der Waals surface area contributed by atoms with Gasteiger partial charge in [-0.25, -0.2) is 0 Å². The number of aliphatic hydroxyl groups is 1. The largest absolute Gasteiger partial charge is 0.467 e. The average molecular weight is 166 g/mol. The molecule has 0 spiro atoms. The summed E-state index contributed by atoms with van der Waals surface area (Å²) in [5.41, 5.74) is 1.84. The lowest BCUT2D eigenvalue weighted by molar-refractivity contribution is -0.0177. The van der Waals surface area contributed by atoms with Gasteiger partial charge >= 0.3 is 0 Å². The quantitative estimate of drug-likeness (QED) is 0.677. The van der Waals surface area contributed by atoms with Gasteiger partial charge in [-0.3, -0.25) is 0 Å². The molecule has 0 atom stereocenters. The Morgan fingerprint density at radius 1 is 1.42 bits per heavy atom. The van der Waals surface area contributed by atoms with Gasteiger partial charge in [-0.1, -0.05) is 18.2 Å². The summed E-state index contributed by atoms with van der Waals surface area (Å²) in [5.74, 6) is 0.784. The van der Waals surface area contributed by atoms with E-state index in [0.717, 1.165) is 16.9 Å². The molecule has 0 amide bonds. The van der Waals surface area contributed by atoms with Crippen LogP contribution in [0.3, 0.4) is 0 Å². The van der Waals surface area contributed by atoms with E-state index >= 15 is 0 Å². The summed E-state index contributed by atoms with van der Waals surface area (Å²) in [6, 6.07) is 5.68. The summed E-state index contributed by atoms with van der Waals surface area (Å²) >= 11 is 0. The maximum absolute atomic E-state index is 8.97. The average Bonchev–Trinajstić information content (AvgIpc) is 2.17. The number of para-hydroxylation sites is 1. The van der Waals surface area contributed by atoms with Crippen LogP contribution in [0.25, 0.3) is 0 Å². The van der Waals surface area contributed by atoms with Crippen molar-refractivity contribution in [2.75, 3.05) is 6.79 Å². The van der Waals surface area contributed by atoms with Gasteiger partial charge in [0.25, 0.3) is 0 Å². The van der Waals surface area contributed by atoms with Crippen LogP contribution in [-0.4, -0.2) is 11.9 Å². The molecule has 0 unspecified atom stereocenters. The SMILES string of the molecule is OCc1cccc2c1OCOC2. The minimum absolute atomic E-state index is 0.0170. The van der Waals surface area contributed by atoms with Crippen LogP contribution < -0.4 is 4.74 Å². The molecular formula is C9H10O3. The van der Waals surface area contributed by atoms with Crippen molar-refractivity contribution in [1.82, 2.24) is 0 Å². The Hall–Kier alpha value is -1.06. The van der Waals surface area contributed by atoms with E-state index < -0.39 is 0 Å². The lowest BCUT2D eigenvalue weighted by atomic mass is 10.1. The summed E-state index contributed by atoms with van der Waals surface area (Å²) in [6.07, 6.45) is 0. The molecule has 0 aliphatic carbocycles. The predicted octanol–water partition coefficient (Wildman–Crippen LogP) is 1.05. The predicted molar refractivity (Wildman–Crippen MR) is 42.6 cm³/mol. The first-order chi connectivity index (χ1) is 5.92. The van der Waals surface area contributed by atoms with Gasteiger partial charge in [-0.05, 0) is 0 Å². The zero-order valence-electron chi connectivity index (χ0n) is 6.62. The molecule has 0 saturated carbocycles. The van der Waals surface area contributed by atoms with Crippen LogP contribution in [0.2, 0.25) is 0 Å². The van der Waals surface area contributed by atoms with Gasteiger partial charge in [0.05, 0.1) is 13.2 Å². The van der Waals surface area contributed by atoms with Gasteiger partial charge in [-0.15, -0.1) is 0 Å². The topological polar surface area (TPSA) is 38.7 Å². The molecule has 0 aromatic heterocycles. The Bertz CT molecular complexity index is 269. The van der Waals surface area contributed by atoms with Gasteiger partial charge in [-0.2, -0.15) is 0 Å². The highest BCUT2D eigenvalue weighted by atomic mass is 16.7. The summed E-state index contributed by atoms with van der Waals surface area (Å²) < 4.78 is 10.4. The lowest BCUT2D eigenvalue weighted by Crippen LogP contribution is -2.12. The fourth-order valence-electron chi connectivity index (χ4n) is 1.31. The van der Waals surface area contributed by atoms with Gasteiger partial charge < -0.3 is 14.6 Å². The smallest absolute Gasteiger partial charge is 0.189 e. The van der Waals surface area contributed by atoms with Crippen LogP contribution in [0, 0.1) is 0 Å². The van der Waals surface area contributed by atoms with Gasteiger partial charge in [0.15, 0.2) is 6.79 Å².